The second-order valence-corrected chi connectivity index (χ2v) is 7.65. The SMILES string of the molecule is COc1c(C)cnc(Cn2cc(C#CCCOC(=O)C(C)N)c3c(Cl)nc(N)nc32)c1C. The average Bonchev–Trinajstić information content (AvgIpc) is 3.07. The molecule has 168 valence electrons. The summed E-state index contributed by atoms with van der Waals surface area (Å²) in [6, 6.07) is -0.667. The van der Waals surface area contributed by atoms with Crippen LogP contribution in [-0.2, 0) is 16.1 Å². The minimum absolute atomic E-state index is 0.0651. The van der Waals surface area contributed by atoms with Gasteiger partial charge in [-0.15, -0.1) is 0 Å². The zero-order valence-corrected chi connectivity index (χ0v) is 19.2. The molecule has 9 nitrogen and oxygen atoms in total. The number of ether oxygens (including phenoxy) is 2. The molecular formula is C22H25ClN6O3. The van der Waals surface area contributed by atoms with Gasteiger partial charge in [0.05, 0.1) is 30.3 Å². The smallest absolute Gasteiger partial charge is 0.322 e. The van der Waals surface area contributed by atoms with Crippen molar-refractivity contribution >= 4 is 34.6 Å². The third-order valence-corrected chi connectivity index (χ3v) is 5.10. The second kappa shape index (κ2) is 9.85. The summed E-state index contributed by atoms with van der Waals surface area (Å²) in [5.74, 6) is 6.43. The summed E-state index contributed by atoms with van der Waals surface area (Å²) < 4.78 is 12.4. The molecule has 0 bridgehead atoms. The number of nitrogens with zero attached hydrogens (tertiary/aromatic N) is 4. The lowest BCUT2D eigenvalue weighted by Gasteiger charge is -2.13. The van der Waals surface area contributed by atoms with E-state index in [1.807, 2.05) is 24.6 Å². The first kappa shape index (κ1) is 23.3. The van der Waals surface area contributed by atoms with Gasteiger partial charge in [0.15, 0.2) is 0 Å². The summed E-state index contributed by atoms with van der Waals surface area (Å²) in [5, 5.41) is 0.808. The fourth-order valence-electron chi connectivity index (χ4n) is 3.26. The minimum atomic E-state index is -0.667. The van der Waals surface area contributed by atoms with E-state index < -0.39 is 12.0 Å². The van der Waals surface area contributed by atoms with Crippen molar-refractivity contribution in [2.24, 2.45) is 5.73 Å². The van der Waals surface area contributed by atoms with Gasteiger partial charge in [0.1, 0.15) is 29.2 Å². The van der Waals surface area contributed by atoms with Gasteiger partial charge in [0.2, 0.25) is 5.95 Å². The summed E-state index contributed by atoms with van der Waals surface area (Å²) in [4.78, 5) is 24.4. The molecule has 0 aliphatic heterocycles. The Morgan fingerprint density at radius 1 is 1.34 bits per heavy atom. The van der Waals surface area contributed by atoms with E-state index in [0.717, 1.165) is 22.6 Å². The summed E-state index contributed by atoms with van der Waals surface area (Å²) >= 11 is 6.37. The molecule has 0 aromatic carbocycles. The first-order valence-corrected chi connectivity index (χ1v) is 10.3. The Balaban J connectivity index is 1.94. The molecule has 0 saturated heterocycles. The Morgan fingerprint density at radius 2 is 2.09 bits per heavy atom. The lowest BCUT2D eigenvalue weighted by molar-refractivity contribution is -0.144. The molecular weight excluding hydrogens is 432 g/mol. The number of nitrogens with two attached hydrogens (primary N) is 2. The zero-order valence-electron chi connectivity index (χ0n) is 18.4. The largest absolute Gasteiger partial charge is 0.496 e. The molecule has 10 heteroatoms. The Bertz CT molecular complexity index is 1230. The van der Waals surface area contributed by atoms with E-state index in [1.165, 1.54) is 0 Å². The number of aryl methyl sites for hydroxylation is 1. The molecule has 1 atom stereocenters. The van der Waals surface area contributed by atoms with E-state index >= 15 is 0 Å². The number of hydrogen-bond donors (Lipinski definition) is 2. The number of carbonyl (C=O) groups excluding carboxylic acids is 1. The second-order valence-electron chi connectivity index (χ2n) is 7.30. The number of pyridine rings is 1. The van der Waals surface area contributed by atoms with Crippen LogP contribution in [0.4, 0.5) is 5.95 Å². The maximum absolute atomic E-state index is 11.4. The van der Waals surface area contributed by atoms with Crippen molar-refractivity contribution in [1.82, 2.24) is 19.5 Å². The molecule has 0 amide bonds. The van der Waals surface area contributed by atoms with Crippen LogP contribution in [0.2, 0.25) is 5.15 Å². The molecule has 3 aromatic rings. The summed E-state index contributed by atoms with van der Waals surface area (Å²) in [6.45, 7) is 6.03. The van der Waals surface area contributed by atoms with Crippen LogP contribution in [0.25, 0.3) is 11.0 Å². The Kier molecular flexibility index (Phi) is 7.18. The van der Waals surface area contributed by atoms with E-state index in [4.69, 9.17) is 32.5 Å². The molecule has 0 aliphatic carbocycles. The Morgan fingerprint density at radius 3 is 2.78 bits per heavy atom. The highest BCUT2D eigenvalue weighted by molar-refractivity contribution is 6.34. The van der Waals surface area contributed by atoms with Gasteiger partial charge in [0, 0.05) is 29.9 Å². The first-order valence-electron chi connectivity index (χ1n) is 9.95. The van der Waals surface area contributed by atoms with Crippen LogP contribution in [0.5, 0.6) is 5.75 Å². The molecule has 0 saturated carbocycles. The van der Waals surface area contributed by atoms with Crippen LogP contribution in [0.3, 0.4) is 0 Å². The predicted octanol–water partition coefficient (Wildman–Crippen LogP) is 2.37. The maximum atomic E-state index is 11.4. The van der Waals surface area contributed by atoms with Crippen molar-refractivity contribution in [3.63, 3.8) is 0 Å². The molecule has 3 rings (SSSR count). The van der Waals surface area contributed by atoms with E-state index in [9.17, 15) is 4.79 Å². The third kappa shape index (κ3) is 4.93. The van der Waals surface area contributed by atoms with Gasteiger partial charge in [-0.05, 0) is 20.8 Å². The van der Waals surface area contributed by atoms with Crippen molar-refractivity contribution < 1.29 is 14.3 Å². The van der Waals surface area contributed by atoms with Crippen LogP contribution in [0.1, 0.15) is 35.7 Å². The number of anilines is 1. The monoisotopic (exact) mass is 456 g/mol. The van der Waals surface area contributed by atoms with Crippen LogP contribution in [-0.4, -0.2) is 45.2 Å². The summed E-state index contributed by atoms with van der Waals surface area (Å²) in [6.07, 6.45) is 3.95. The molecule has 1 unspecified atom stereocenters. The van der Waals surface area contributed by atoms with Crippen molar-refractivity contribution in [3.8, 4) is 17.6 Å². The fraction of sp³-hybridized carbons (Fsp3) is 0.364. The van der Waals surface area contributed by atoms with Gasteiger partial charge < -0.3 is 25.5 Å². The third-order valence-electron chi connectivity index (χ3n) is 4.83. The molecule has 0 fully saturated rings. The van der Waals surface area contributed by atoms with Crippen LogP contribution >= 0.6 is 11.6 Å². The lowest BCUT2D eigenvalue weighted by Crippen LogP contribution is -2.28. The quantitative estimate of drug-likeness (QED) is 0.250. The molecule has 3 aromatic heterocycles. The number of carbonyl (C=O) groups is 1. The highest BCUT2D eigenvalue weighted by Gasteiger charge is 2.17. The number of esters is 1. The Labute approximate surface area is 191 Å². The van der Waals surface area contributed by atoms with Crippen LogP contribution < -0.4 is 16.2 Å². The Hall–Kier alpha value is -3.35. The predicted molar refractivity (Wildman–Crippen MR) is 122 cm³/mol. The summed E-state index contributed by atoms with van der Waals surface area (Å²) in [7, 11) is 1.64. The number of fused-ring (bicyclic) bond motifs is 1. The minimum Gasteiger partial charge on any atom is -0.496 e. The number of rotatable bonds is 6. The van der Waals surface area contributed by atoms with E-state index in [1.54, 1.807) is 20.2 Å². The number of hydrogen-bond acceptors (Lipinski definition) is 8. The van der Waals surface area contributed by atoms with Crippen molar-refractivity contribution in [2.45, 2.75) is 39.8 Å². The number of methoxy groups -OCH3 is 1. The number of halogens is 1. The molecule has 4 N–H and O–H groups in total. The average molecular weight is 457 g/mol. The van der Waals surface area contributed by atoms with Gasteiger partial charge in [0.25, 0.3) is 0 Å². The topological polar surface area (TPSA) is 131 Å². The van der Waals surface area contributed by atoms with Crippen molar-refractivity contribution in [2.75, 3.05) is 19.5 Å². The zero-order chi connectivity index (χ0) is 23.4. The van der Waals surface area contributed by atoms with Crippen molar-refractivity contribution in [3.05, 3.63) is 39.9 Å². The van der Waals surface area contributed by atoms with E-state index in [-0.39, 0.29) is 17.7 Å². The van der Waals surface area contributed by atoms with Gasteiger partial charge >= 0.3 is 5.97 Å². The molecule has 32 heavy (non-hydrogen) atoms. The van der Waals surface area contributed by atoms with Crippen LogP contribution in [0.15, 0.2) is 12.4 Å². The van der Waals surface area contributed by atoms with Gasteiger partial charge in [-0.25, -0.2) is 4.98 Å². The lowest BCUT2D eigenvalue weighted by atomic mass is 10.1. The number of nitrogen functional groups attached to an aromatic ring is 1. The van der Waals surface area contributed by atoms with Crippen LogP contribution in [0, 0.1) is 25.7 Å². The van der Waals surface area contributed by atoms with E-state index in [2.05, 4.69) is 26.8 Å². The highest BCUT2D eigenvalue weighted by atomic mass is 35.5. The van der Waals surface area contributed by atoms with Gasteiger partial charge in [-0.1, -0.05) is 23.4 Å². The fourth-order valence-corrected chi connectivity index (χ4v) is 3.53. The maximum Gasteiger partial charge on any atom is 0.322 e. The summed E-state index contributed by atoms with van der Waals surface area (Å²) in [5.41, 5.74) is 15.2. The van der Waals surface area contributed by atoms with Gasteiger partial charge in [-0.3, -0.25) is 9.78 Å². The van der Waals surface area contributed by atoms with Crippen molar-refractivity contribution in [1.29, 1.82) is 0 Å². The number of aromatic nitrogens is 4. The molecule has 0 radical (unpaired) electrons. The van der Waals surface area contributed by atoms with E-state index in [0.29, 0.717) is 29.6 Å². The standard InChI is InChI=1S/C22H25ClN6O3/c1-12-9-26-16(13(2)18(12)31-4)11-29-10-15(7-5-6-8-32-21(30)14(3)24)17-19(23)27-22(25)28-20(17)29/h9-10,14H,6,8,11,24H2,1-4H3,(H2,25,27,28). The van der Waals surface area contributed by atoms with Gasteiger partial charge in [-0.2, -0.15) is 4.98 Å². The molecule has 3 heterocycles. The molecule has 0 spiro atoms. The highest BCUT2D eigenvalue weighted by Crippen LogP contribution is 2.29. The normalized spacial score (nSPS) is 11.7. The first-order chi connectivity index (χ1) is 15.2. The molecule has 0 aliphatic rings.